The highest BCUT2D eigenvalue weighted by Crippen LogP contribution is 2.27. The Bertz CT molecular complexity index is 538. The molecule has 0 fully saturated rings. The number of aliphatic carboxylic acids is 1. The molecular weight excluding hydrogens is 290 g/mol. The summed E-state index contributed by atoms with van der Waals surface area (Å²) in [5, 5.41) is 8.47. The molecule has 116 valence electrons. The van der Waals surface area contributed by atoms with Crippen molar-refractivity contribution in [2.45, 2.75) is 26.1 Å². The molecule has 7 heteroatoms. The monoisotopic (exact) mass is 305 g/mol. The van der Waals surface area contributed by atoms with Gasteiger partial charge < -0.3 is 10.0 Å². The molecule has 1 aromatic carbocycles. The zero-order valence-corrected chi connectivity index (χ0v) is 11.5. The van der Waals surface area contributed by atoms with Crippen LogP contribution in [-0.2, 0) is 4.79 Å². The molecule has 1 N–H and O–H groups in total. The molecule has 0 aliphatic heterocycles. The van der Waals surface area contributed by atoms with Gasteiger partial charge in [0.15, 0.2) is 0 Å². The van der Waals surface area contributed by atoms with Gasteiger partial charge in [0.25, 0.3) is 0 Å². The highest BCUT2D eigenvalue weighted by molar-refractivity contribution is 5.85. The highest BCUT2D eigenvalue weighted by atomic mass is 19.4. The molecule has 0 aliphatic carbocycles. The molecule has 3 nitrogen and oxygen atoms in total. The van der Waals surface area contributed by atoms with Gasteiger partial charge in [-0.3, -0.25) is 0 Å². The molecule has 0 heterocycles. The summed E-state index contributed by atoms with van der Waals surface area (Å²) in [5.41, 5.74) is 0.0872. The first-order valence-electron chi connectivity index (χ1n) is 6.14. The van der Waals surface area contributed by atoms with Gasteiger partial charge in [-0.1, -0.05) is 6.07 Å². The third-order valence-electron chi connectivity index (χ3n) is 2.67. The van der Waals surface area contributed by atoms with E-state index < -0.39 is 30.5 Å². The zero-order chi connectivity index (χ0) is 16.2. The molecule has 0 saturated heterocycles. The van der Waals surface area contributed by atoms with Crippen molar-refractivity contribution in [2.24, 2.45) is 0 Å². The minimum atomic E-state index is -4.45. The maximum atomic E-state index is 14.0. The Balaban J connectivity index is 3.08. The zero-order valence-electron chi connectivity index (χ0n) is 11.5. The van der Waals surface area contributed by atoms with Crippen molar-refractivity contribution in [3.05, 3.63) is 35.7 Å². The lowest BCUT2D eigenvalue weighted by molar-refractivity contribution is -0.131. The summed E-state index contributed by atoms with van der Waals surface area (Å²) in [6.45, 7) is 1.80. The number of anilines is 1. The molecule has 0 atom stereocenters. The minimum Gasteiger partial charge on any atom is -0.478 e. The van der Waals surface area contributed by atoms with E-state index in [4.69, 9.17) is 5.11 Å². The number of hydrogen-bond donors (Lipinski definition) is 1. The summed E-state index contributed by atoms with van der Waals surface area (Å²) >= 11 is 0. The molecule has 0 aromatic heterocycles. The maximum absolute atomic E-state index is 14.0. The lowest BCUT2D eigenvalue weighted by Gasteiger charge is -2.30. The smallest absolute Gasteiger partial charge is 0.405 e. The quantitative estimate of drug-likeness (QED) is 0.666. The first-order chi connectivity index (χ1) is 9.60. The van der Waals surface area contributed by atoms with Crippen LogP contribution in [-0.4, -0.2) is 29.8 Å². The molecule has 1 rings (SSSR count). The molecule has 0 bridgehead atoms. The minimum absolute atomic E-state index is 0.171. The number of alkyl halides is 3. The van der Waals surface area contributed by atoms with E-state index in [0.717, 1.165) is 17.0 Å². The molecule has 21 heavy (non-hydrogen) atoms. The van der Waals surface area contributed by atoms with Crippen molar-refractivity contribution < 1.29 is 27.5 Å². The van der Waals surface area contributed by atoms with Gasteiger partial charge in [-0.25, -0.2) is 9.18 Å². The third-order valence-corrected chi connectivity index (χ3v) is 2.67. The second-order valence-corrected chi connectivity index (χ2v) is 4.72. The molecule has 0 amide bonds. The van der Waals surface area contributed by atoms with Gasteiger partial charge in [0.1, 0.15) is 12.4 Å². The van der Waals surface area contributed by atoms with Crippen molar-refractivity contribution in [2.75, 3.05) is 11.4 Å². The van der Waals surface area contributed by atoms with E-state index in [1.807, 2.05) is 0 Å². The largest absolute Gasteiger partial charge is 0.478 e. The summed E-state index contributed by atoms with van der Waals surface area (Å²) in [6, 6.07) is 3.04. The molecule has 1 aromatic rings. The summed E-state index contributed by atoms with van der Waals surface area (Å²) < 4.78 is 51.6. The summed E-state index contributed by atoms with van der Waals surface area (Å²) in [5.74, 6) is -2.03. The average Bonchev–Trinajstić information content (AvgIpc) is 2.32. The Morgan fingerprint density at radius 3 is 2.43 bits per heavy atom. The van der Waals surface area contributed by atoms with Crippen molar-refractivity contribution >= 4 is 17.7 Å². The van der Waals surface area contributed by atoms with Crippen LogP contribution < -0.4 is 4.90 Å². The standard InChI is InChI=1S/C14H15F4NO2/c1-9(2)19(8-14(16,17)18)12-5-3-10(7-11(12)15)4-6-13(20)21/h3-7,9H,8H2,1-2H3,(H,20,21). The van der Waals surface area contributed by atoms with Crippen LogP contribution in [0.2, 0.25) is 0 Å². The molecular formula is C14H15F4NO2. The molecule has 0 saturated carbocycles. The average molecular weight is 305 g/mol. The van der Waals surface area contributed by atoms with Crippen LogP contribution >= 0.6 is 0 Å². The Morgan fingerprint density at radius 1 is 1.38 bits per heavy atom. The predicted molar refractivity (Wildman–Crippen MR) is 71.6 cm³/mol. The Hall–Kier alpha value is -2.05. The number of carboxylic acids is 1. The van der Waals surface area contributed by atoms with Crippen LogP contribution in [0, 0.1) is 5.82 Å². The Kier molecular flexibility index (Phi) is 5.34. The lowest BCUT2D eigenvalue weighted by atomic mass is 10.1. The van der Waals surface area contributed by atoms with Crippen molar-refractivity contribution in [1.29, 1.82) is 0 Å². The van der Waals surface area contributed by atoms with Crippen LogP contribution in [0.1, 0.15) is 19.4 Å². The number of carboxylic acid groups (broad SMARTS) is 1. The van der Waals surface area contributed by atoms with Gasteiger partial charge in [-0.05, 0) is 37.6 Å². The van der Waals surface area contributed by atoms with E-state index in [9.17, 15) is 22.4 Å². The topological polar surface area (TPSA) is 40.5 Å². The lowest BCUT2D eigenvalue weighted by Crippen LogP contribution is -2.39. The number of benzene rings is 1. The fraction of sp³-hybridized carbons (Fsp3) is 0.357. The maximum Gasteiger partial charge on any atom is 0.405 e. The first kappa shape index (κ1) is 17.0. The van der Waals surface area contributed by atoms with E-state index in [0.29, 0.717) is 0 Å². The van der Waals surface area contributed by atoms with E-state index in [-0.39, 0.29) is 11.3 Å². The molecule has 0 aliphatic rings. The van der Waals surface area contributed by atoms with Gasteiger partial charge in [0.05, 0.1) is 5.69 Å². The normalized spacial score (nSPS) is 12.1. The Labute approximate surface area is 119 Å². The fourth-order valence-corrected chi connectivity index (χ4v) is 1.77. The third kappa shape index (κ3) is 5.45. The van der Waals surface area contributed by atoms with Gasteiger partial charge in [0.2, 0.25) is 0 Å². The molecule has 0 radical (unpaired) electrons. The number of rotatable bonds is 5. The number of carbonyl (C=O) groups is 1. The van der Waals surface area contributed by atoms with E-state index in [2.05, 4.69) is 0 Å². The van der Waals surface area contributed by atoms with Crippen LogP contribution in [0.15, 0.2) is 24.3 Å². The summed E-state index contributed by atoms with van der Waals surface area (Å²) in [6.07, 6.45) is -2.46. The van der Waals surface area contributed by atoms with E-state index in [1.165, 1.54) is 32.1 Å². The number of hydrogen-bond acceptors (Lipinski definition) is 2. The molecule has 0 unspecified atom stereocenters. The van der Waals surface area contributed by atoms with Gasteiger partial charge in [0, 0.05) is 12.1 Å². The first-order valence-corrected chi connectivity index (χ1v) is 6.14. The van der Waals surface area contributed by atoms with Gasteiger partial charge in [-0.15, -0.1) is 0 Å². The summed E-state index contributed by atoms with van der Waals surface area (Å²) in [7, 11) is 0. The second kappa shape index (κ2) is 6.60. The van der Waals surface area contributed by atoms with Crippen LogP contribution in [0.5, 0.6) is 0 Å². The predicted octanol–water partition coefficient (Wildman–Crippen LogP) is 3.70. The van der Waals surface area contributed by atoms with E-state index in [1.54, 1.807) is 0 Å². The van der Waals surface area contributed by atoms with Crippen molar-refractivity contribution in [1.82, 2.24) is 0 Å². The van der Waals surface area contributed by atoms with E-state index >= 15 is 0 Å². The van der Waals surface area contributed by atoms with Gasteiger partial charge in [-0.2, -0.15) is 13.2 Å². The SMILES string of the molecule is CC(C)N(CC(F)(F)F)c1ccc(C=CC(=O)O)cc1F. The van der Waals surface area contributed by atoms with Crippen molar-refractivity contribution in [3.63, 3.8) is 0 Å². The molecule has 0 spiro atoms. The number of halogens is 4. The van der Waals surface area contributed by atoms with Crippen LogP contribution in [0.3, 0.4) is 0 Å². The fourth-order valence-electron chi connectivity index (χ4n) is 1.77. The second-order valence-electron chi connectivity index (χ2n) is 4.72. The Morgan fingerprint density at radius 2 is 2.00 bits per heavy atom. The van der Waals surface area contributed by atoms with Gasteiger partial charge >= 0.3 is 12.1 Å². The van der Waals surface area contributed by atoms with Crippen LogP contribution in [0.25, 0.3) is 6.08 Å². The summed E-state index contributed by atoms with van der Waals surface area (Å²) in [4.78, 5) is 11.3. The highest BCUT2D eigenvalue weighted by Gasteiger charge is 2.32. The van der Waals surface area contributed by atoms with Crippen LogP contribution in [0.4, 0.5) is 23.2 Å². The van der Waals surface area contributed by atoms with Crippen molar-refractivity contribution in [3.8, 4) is 0 Å². The number of nitrogens with zero attached hydrogens (tertiary/aromatic N) is 1.